The van der Waals surface area contributed by atoms with Crippen molar-refractivity contribution in [1.82, 2.24) is 0 Å². The number of hydrogen-bond acceptors (Lipinski definition) is 2. The normalized spacial score (nSPS) is 17.4. The molecule has 1 aliphatic carbocycles. The van der Waals surface area contributed by atoms with Crippen LogP contribution >= 0.6 is 0 Å². The molecule has 0 aromatic rings. The van der Waals surface area contributed by atoms with Gasteiger partial charge in [0.1, 0.15) is 12.2 Å². The van der Waals surface area contributed by atoms with Gasteiger partial charge < -0.3 is 4.74 Å². The molecule has 0 unspecified atom stereocenters. The van der Waals surface area contributed by atoms with Crippen LogP contribution in [0.5, 0.6) is 0 Å². The molecule has 0 amide bonds. The highest BCUT2D eigenvalue weighted by Gasteiger charge is 2.22. The van der Waals surface area contributed by atoms with Crippen LogP contribution in [0.25, 0.3) is 0 Å². The molecule has 0 N–H and O–H groups in total. The van der Waals surface area contributed by atoms with Crippen LogP contribution in [-0.4, -0.2) is 18.0 Å². The average molecular weight is 188 g/mol. The number of ether oxygens (including phenoxy) is 1. The predicted octanol–water partition coefficient (Wildman–Crippen LogP) is 1.65. The molecule has 1 rings (SSSR count). The van der Waals surface area contributed by atoms with Crippen LogP contribution < -0.4 is 0 Å². The summed E-state index contributed by atoms with van der Waals surface area (Å²) in [4.78, 5) is 10.9. The summed E-state index contributed by atoms with van der Waals surface area (Å²) < 4.78 is 5.49. The minimum Gasteiger partial charge on any atom is -0.350 e. The minimum absolute atomic E-state index is 0.0346. The van der Waals surface area contributed by atoms with E-state index in [-0.39, 0.29) is 5.78 Å². The molecule has 0 bridgehead atoms. The number of hydrogen-bond donors (Lipinski definition) is 0. The monoisotopic (exact) mass is 188 g/mol. The average Bonchev–Trinajstić information content (AvgIpc) is 2.22. The van der Waals surface area contributed by atoms with Crippen LogP contribution in [0.4, 0.5) is 0 Å². The van der Waals surface area contributed by atoms with Crippen molar-refractivity contribution in [3.05, 3.63) is 37.0 Å². The second kappa shape index (κ2) is 4.59. The third kappa shape index (κ3) is 2.45. The Kier molecular flexibility index (Phi) is 3.44. The first-order chi connectivity index (χ1) is 6.72. The van der Waals surface area contributed by atoms with E-state index in [0.717, 1.165) is 0 Å². The molecule has 0 aromatic heterocycles. The van der Waals surface area contributed by atoms with Gasteiger partial charge in [-0.25, -0.2) is 0 Å². The Balaban J connectivity index is 2.71. The van der Waals surface area contributed by atoms with Gasteiger partial charge in [0.15, 0.2) is 5.78 Å². The predicted molar refractivity (Wildman–Crippen MR) is 55.6 cm³/mol. The molecule has 72 valence electrons. The summed E-state index contributed by atoms with van der Waals surface area (Å²) in [5.74, 6) is 5.49. The molecule has 2 nitrogen and oxygen atoms in total. The summed E-state index contributed by atoms with van der Waals surface area (Å²) in [6.45, 7) is 5.75. The van der Waals surface area contributed by atoms with Gasteiger partial charge in [-0.3, -0.25) is 4.79 Å². The van der Waals surface area contributed by atoms with Crippen molar-refractivity contribution in [3.8, 4) is 11.8 Å². The third-order valence-corrected chi connectivity index (χ3v) is 1.91. The SMILES string of the molecule is C=CC1(OCC#CC)C=CC(=O)C=C1. The van der Waals surface area contributed by atoms with E-state index in [2.05, 4.69) is 18.4 Å². The van der Waals surface area contributed by atoms with E-state index in [4.69, 9.17) is 4.74 Å². The second-order valence-electron chi connectivity index (χ2n) is 2.84. The van der Waals surface area contributed by atoms with Crippen molar-refractivity contribution in [2.24, 2.45) is 0 Å². The van der Waals surface area contributed by atoms with Crippen molar-refractivity contribution < 1.29 is 9.53 Å². The molecule has 0 spiro atoms. The molecule has 0 aromatic carbocycles. The van der Waals surface area contributed by atoms with Gasteiger partial charge in [-0.15, -0.1) is 5.92 Å². The fourth-order valence-electron chi connectivity index (χ4n) is 1.06. The van der Waals surface area contributed by atoms with Crippen LogP contribution in [0.15, 0.2) is 37.0 Å². The lowest BCUT2D eigenvalue weighted by molar-refractivity contribution is -0.110. The molecule has 0 atom stereocenters. The Labute approximate surface area is 84.0 Å². The molecule has 0 radical (unpaired) electrons. The Morgan fingerprint density at radius 3 is 2.71 bits per heavy atom. The maximum atomic E-state index is 10.9. The van der Waals surface area contributed by atoms with Crippen molar-refractivity contribution in [3.63, 3.8) is 0 Å². The molecule has 0 heterocycles. The van der Waals surface area contributed by atoms with Gasteiger partial charge >= 0.3 is 0 Å². The van der Waals surface area contributed by atoms with Gasteiger partial charge in [-0.1, -0.05) is 18.6 Å². The van der Waals surface area contributed by atoms with Crippen molar-refractivity contribution in [2.45, 2.75) is 12.5 Å². The Bertz CT molecular complexity index is 334. The van der Waals surface area contributed by atoms with Crippen LogP contribution in [0.1, 0.15) is 6.92 Å². The molecule has 0 saturated carbocycles. The zero-order chi connectivity index (χ0) is 10.4. The zero-order valence-corrected chi connectivity index (χ0v) is 8.12. The first-order valence-electron chi connectivity index (χ1n) is 4.32. The molecule has 2 heteroatoms. The van der Waals surface area contributed by atoms with Gasteiger partial charge in [0.2, 0.25) is 0 Å². The van der Waals surface area contributed by atoms with Gasteiger partial charge in [-0.2, -0.15) is 0 Å². The number of ketones is 1. The number of carbonyl (C=O) groups is 1. The lowest BCUT2D eigenvalue weighted by Crippen LogP contribution is -2.27. The van der Waals surface area contributed by atoms with Gasteiger partial charge in [0.25, 0.3) is 0 Å². The Morgan fingerprint density at radius 2 is 2.21 bits per heavy atom. The van der Waals surface area contributed by atoms with E-state index in [9.17, 15) is 4.79 Å². The zero-order valence-electron chi connectivity index (χ0n) is 8.12. The summed E-state index contributed by atoms with van der Waals surface area (Å²) in [6, 6.07) is 0. The van der Waals surface area contributed by atoms with Gasteiger partial charge in [0.05, 0.1) is 0 Å². The van der Waals surface area contributed by atoms with Crippen LogP contribution in [0.3, 0.4) is 0 Å². The number of allylic oxidation sites excluding steroid dienone is 2. The summed E-state index contributed by atoms with van der Waals surface area (Å²) in [5, 5.41) is 0. The van der Waals surface area contributed by atoms with Gasteiger partial charge in [-0.05, 0) is 31.2 Å². The molecular formula is C12H12O2. The smallest absolute Gasteiger partial charge is 0.178 e. The summed E-state index contributed by atoms with van der Waals surface area (Å²) in [5.41, 5.74) is -0.669. The minimum atomic E-state index is -0.669. The molecule has 0 saturated heterocycles. The van der Waals surface area contributed by atoms with Crippen molar-refractivity contribution >= 4 is 5.78 Å². The fourth-order valence-corrected chi connectivity index (χ4v) is 1.06. The summed E-state index contributed by atoms with van der Waals surface area (Å²) in [6.07, 6.45) is 7.95. The lowest BCUT2D eigenvalue weighted by Gasteiger charge is -2.24. The second-order valence-corrected chi connectivity index (χ2v) is 2.84. The Morgan fingerprint density at radius 1 is 1.57 bits per heavy atom. The van der Waals surface area contributed by atoms with E-state index < -0.39 is 5.60 Å². The topological polar surface area (TPSA) is 26.3 Å². The first kappa shape index (κ1) is 10.5. The highest BCUT2D eigenvalue weighted by Crippen LogP contribution is 2.19. The Hall–Kier alpha value is -1.59. The van der Waals surface area contributed by atoms with Crippen LogP contribution in [0.2, 0.25) is 0 Å². The van der Waals surface area contributed by atoms with Crippen LogP contribution in [0, 0.1) is 11.8 Å². The highest BCUT2D eigenvalue weighted by atomic mass is 16.5. The molecule has 0 aliphatic heterocycles. The summed E-state index contributed by atoms with van der Waals surface area (Å²) >= 11 is 0. The highest BCUT2D eigenvalue weighted by molar-refractivity contribution is 6.00. The van der Waals surface area contributed by atoms with E-state index >= 15 is 0 Å². The van der Waals surface area contributed by atoms with Crippen molar-refractivity contribution in [1.29, 1.82) is 0 Å². The first-order valence-corrected chi connectivity index (χ1v) is 4.32. The number of carbonyl (C=O) groups excluding carboxylic acids is 1. The molecule has 0 fully saturated rings. The maximum Gasteiger partial charge on any atom is 0.178 e. The van der Waals surface area contributed by atoms with E-state index in [1.165, 1.54) is 12.2 Å². The van der Waals surface area contributed by atoms with E-state index in [1.54, 1.807) is 25.2 Å². The number of rotatable bonds is 3. The molecule has 1 aliphatic rings. The van der Waals surface area contributed by atoms with Gasteiger partial charge in [0, 0.05) is 0 Å². The summed E-state index contributed by atoms with van der Waals surface area (Å²) in [7, 11) is 0. The van der Waals surface area contributed by atoms with Crippen LogP contribution in [-0.2, 0) is 9.53 Å². The third-order valence-electron chi connectivity index (χ3n) is 1.91. The fraction of sp³-hybridized carbons (Fsp3) is 0.250. The lowest BCUT2D eigenvalue weighted by atomic mass is 9.97. The van der Waals surface area contributed by atoms with E-state index in [0.29, 0.717) is 6.61 Å². The quantitative estimate of drug-likeness (QED) is 0.497. The van der Waals surface area contributed by atoms with E-state index in [1.807, 2.05) is 0 Å². The molecular weight excluding hydrogens is 176 g/mol. The standard InChI is InChI=1S/C12H12O2/c1-3-5-10-14-12(4-2)8-6-11(13)7-9-12/h4,6-9H,2,10H2,1H3. The largest absolute Gasteiger partial charge is 0.350 e. The van der Waals surface area contributed by atoms with Crippen molar-refractivity contribution in [2.75, 3.05) is 6.61 Å². The molecule has 14 heavy (non-hydrogen) atoms. The maximum absolute atomic E-state index is 10.9.